The summed E-state index contributed by atoms with van der Waals surface area (Å²) in [6, 6.07) is 0.204. The van der Waals surface area contributed by atoms with Crippen molar-refractivity contribution in [3.63, 3.8) is 0 Å². The van der Waals surface area contributed by atoms with Gasteiger partial charge in [-0.15, -0.1) is 0 Å². The maximum absolute atomic E-state index is 5.44. The lowest BCUT2D eigenvalue weighted by Crippen LogP contribution is -2.05. The lowest BCUT2D eigenvalue weighted by Gasteiger charge is -2.06. The molecule has 0 atom stereocenters. The molecule has 0 radical (unpaired) electrons. The highest BCUT2D eigenvalue weighted by atomic mass is 35.5. The Kier molecular flexibility index (Phi) is 8.33. The van der Waals surface area contributed by atoms with E-state index >= 15 is 0 Å². The average molecular weight is 308 g/mol. The molecule has 1 heterocycles. The Bertz CT molecular complexity index is 345. The number of nitrogens with one attached hydrogen (secondary N) is 2. The number of hydrogen-bond donors (Lipinski definition) is 2. The van der Waals surface area contributed by atoms with Crippen LogP contribution in [-0.4, -0.2) is 21.6 Å². The molecular weight excluding hydrogens is 289 g/mol. The van der Waals surface area contributed by atoms with E-state index in [2.05, 4.69) is 31.5 Å². The van der Waals surface area contributed by atoms with Crippen molar-refractivity contribution in [3.8, 4) is 6.01 Å². The van der Waals surface area contributed by atoms with Gasteiger partial charge < -0.3 is 4.74 Å². The molecule has 108 valence electrons. The van der Waals surface area contributed by atoms with Crippen LogP contribution in [0.25, 0.3) is 0 Å². The van der Waals surface area contributed by atoms with Crippen LogP contribution in [0.15, 0.2) is 0 Å². The third kappa shape index (κ3) is 6.63. The number of rotatable bonds is 10. The fraction of sp³-hybridized carbons (Fsp3) is 0.727. The van der Waals surface area contributed by atoms with Crippen LogP contribution in [0.3, 0.4) is 0 Å². The van der Waals surface area contributed by atoms with E-state index in [4.69, 9.17) is 28.3 Å². The zero-order chi connectivity index (χ0) is 13.9. The summed E-state index contributed by atoms with van der Waals surface area (Å²) >= 11 is 10.9. The summed E-state index contributed by atoms with van der Waals surface area (Å²) in [6.07, 6.45) is 7.18. The zero-order valence-corrected chi connectivity index (χ0v) is 12.5. The molecule has 0 aliphatic carbocycles. The summed E-state index contributed by atoms with van der Waals surface area (Å²) in [5.74, 6) is 0.385. The monoisotopic (exact) mass is 307 g/mol. The first-order valence-corrected chi connectivity index (χ1v) is 7.18. The van der Waals surface area contributed by atoms with Gasteiger partial charge in [-0.25, -0.2) is 0 Å². The topological polar surface area (TPSA) is 72.0 Å². The first-order chi connectivity index (χ1) is 9.30. The minimum Gasteiger partial charge on any atom is -0.463 e. The van der Waals surface area contributed by atoms with E-state index in [0.29, 0.717) is 6.61 Å². The molecule has 0 aromatic carbocycles. The lowest BCUT2D eigenvalue weighted by atomic mass is 10.1. The molecular formula is C11H19Cl2N5O. The average Bonchev–Trinajstić information content (AvgIpc) is 2.45. The van der Waals surface area contributed by atoms with E-state index in [1.54, 1.807) is 0 Å². The molecule has 0 saturated heterocycles. The van der Waals surface area contributed by atoms with E-state index in [0.717, 1.165) is 12.8 Å². The molecule has 0 spiro atoms. The predicted octanol–water partition coefficient (Wildman–Crippen LogP) is 3.74. The van der Waals surface area contributed by atoms with E-state index in [1.165, 1.54) is 25.7 Å². The van der Waals surface area contributed by atoms with Crippen molar-refractivity contribution in [2.75, 3.05) is 16.3 Å². The Balaban J connectivity index is 2.28. The third-order valence-corrected chi connectivity index (χ3v) is 2.85. The maximum Gasteiger partial charge on any atom is 0.323 e. The Labute approximate surface area is 123 Å². The highest BCUT2D eigenvalue weighted by molar-refractivity contribution is 6.24. The minimum absolute atomic E-state index is 0.192. The van der Waals surface area contributed by atoms with Crippen LogP contribution in [0.5, 0.6) is 6.01 Å². The number of aromatic nitrogens is 3. The van der Waals surface area contributed by atoms with Gasteiger partial charge in [-0.1, -0.05) is 39.0 Å². The van der Waals surface area contributed by atoms with Crippen molar-refractivity contribution in [3.05, 3.63) is 0 Å². The quantitative estimate of drug-likeness (QED) is 0.507. The van der Waals surface area contributed by atoms with Crippen molar-refractivity contribution in [1.82, 2.24) is 15.0 Å². The SMILES string of the molecule is CCCCCCCCOc1nc(NCl)nc(NCl)n1. The van der Waals surface area contributed by atoms with Crippen LogP contribution in [-0.2, 0) is 0 Å². The Hall–Kier alpha value is -1.01. The second kappa shape index (κ2) is 9.86. The van der Waals surface area contributed by atoms with Crippen LogP contribution in [0.1, 0.15) is 45.4 Å². The molecule has 1 aromatic heterocycles. The predicted molar refractivity (Wildman–Crippen MR) is 77.6 cm³/mol. The third-order valence-electron chi connectivity index (χ3n) is 2.51. The zero-order valence-electron chi connectivity index (χ0n) is 11.0. The van der Waals surface area contributed by atoms with E-state index in [-0.39, 0.29) is 17.9 Å². The molecule has 2 N–H and O–H groups in total. The Morgan fingerprint density at radius 3 is 2.05 bits per heavy atom. The summed E-state index contributed by atoms with van der Waals surface area (Å²) in [7, 11) is 0. The van der Waals surface area contributed by atoms with Crippen molar-refractivity contribution in [1.29, 1.82) is 0 Å². The van der Waals surface area contributed by atoms with Crippen molar-refractivity contribution in [2.45, 2.75) is 45.4 Å². The number of unbranched alkanes of at least 4 members (excludes halogenated alkanes) is 5. The second-order valence-electron chi connectivity index (χ2n) is 4.07. The fourth-order valence-corrected chi connectivity index (χ4v) is 1.72. The first kappa shape index (κ1) is 16.0. The smallest absolute Gasteiger partial charge is 0.323 e. The molecule has 0 amide bonds. The molecule has 19 heavy (non-hydrogen) atoms. The summed E-state index contributed by atoms with van der Waals surface area (Å²) < 4.78 is 5.44. The van der Waals surface area contributed by atoms with Crippen LogP contribution in [0.2, 0.25) is 0 Å². The van der Waals surface area contributed by atoms with Gasteiger partial charge in [0, 0.05) is 23.6 Å². The van der Waals surface area contributed by atoms with Gasteiger partial charge in [0.05, 0.1) is 6.61 Å². The van der Waals surface area contributed by atoms with Gasteiger partial charge in [-0.2, -0.15) is 15.0 Å². The van der Waals surface area contributed by atoms with Crippen LogP contribution in [0.4, 0.5) is 11.9 Å². The molecule has 0 bridgehead atoms. The standard InChI is InChI=1S/C11H19Cl2N5O/c1-2-3-4-5-6-7-8-19-11-15-9(17-12)14-10(16-11)18-13/h2-8H2,1H3,(H2,14,15,16,17,18). The number of ether oxygens (including phenoxy) is 1. The molecule has 0 fully saturated rings. The van der Waals surface area contributed by atoms with E-state index in [9.17, 15) is 0 Å². The molecule has 1 rings (SSSR count). The second-order valence-corrected chi connectivity index (χ2v) is 4.45. The molecule has 0 unspecified atom stereocenters. The molecule has 8 heteroatoms. The van der Waals surface area contributed by atoms with E-state index < -0.39 is 0 Å². The van der Waals surface area contributed by atoms with Gasteiger partial charge >= 0.3 is 6.01 Å². The molecule has 0 aliphatic heterocycles. The minimum atomic E-state index is 0.192. The van der Waals surface area contributed by atoms with Gasteiger partial charge in [0.15, 0.2) is 0 Å². The van der Waals surface area contributed by atoms with Gasteiger partial charge in [0.1, 0.15) is 0 Å². The summed E-state index contributed by atoms with van der Waals surface area (Å²) in [4.78, 5) is 16.4. The lowest BCUT2D eigenvalue weighted by molar-refractivity contribution is 0.281. The highest BCUT2D eigenvalue weighted by Gasteiger charge is 2.06. The normalized spacial score (nSPS) is 10.3. The molecule has 0 aliphatic rings. The largest absolute Gasteiger partial charge is 0.463 e. The first-order valence-electron chi connectivity index (χ1n) is 6.42. The van der Waals surface area contributed by atoms with Gasteiger partial charge in [0.25, 0.3) is 0 Å². The van der Waals surface area contributed by atoms with Crippen molar-refractivity contribution >= 4 is 35.5 Å². The Morgan fingerprint density at radius 1 is 0.895 bits per heavy atom. The summed E-state index contributed by atoms with van der Waals surface area (Å²) in [6.45, 7) is 2.77. The van der Waals surface area contributed by atoms with Gasteiger partial charge in [-0.05, 0) is 6.42 Å². The molecule has 6 nitrogen and oxygen atoms in total. The van der Waals surface area contributed by atoms with Crippen molar-refractivity contribution < 1.29 is 4.74 Å². The Morgan fingerprint density at radius 2 is 1.47 bits per heavy atom. The van der Waals surface area contributed by atoms with Gasteiger partial charge in [0.2, 0.25) is 11.9 Å². The van der Waals surface area contributed by atoms with Crippen LogP contribution >= 0.6 is 23.6 Å². The molecule has 0 saturated carbocycles. The number of nitrogens with zero attached hydrogens (tertiary/aromatic N) is 3. The maximum atomic E-state index is 5.44. The van der Waals surface area contributed by atoms with Gasteiger partial charge in [-0.3, -0.25) is 9.67 Å². The number of halogens is 2. The summed E-state index contributed by atoms with van der Waals surface area (Å²) in [5.41, 5.74) is 0. The highest BCUT2D eigenvalue weighted by Crippen LogP contribution is 2.13. The number of hydrogen-bond acceptors (Lipinski definition) is 6. The van der Waals surface area contributed by atoms with Crippen LogP contribution < -0.4 is 14.4 Å². The fourth-order valence-electron chi connectivity index (χ4n) is 1.55. The van der Waals surface area contributed by atoms with Crippen LogP contribution in [0, 0.1) is 0 Å². The number of anilines is 2. The summed E-state index contributed by atoms with van der Waals surface area (Å²) in [5, 5.41) is 0. The molecule has 1 aromatic rings. The van der Waals surface area contributed by atoms with E-state index in [1.807, 2.05) is 0 Å². The van der Waals surface area contributed by atoms with Crippen molar-refractivity contribution in [2.24, 2.45) is 0 Å².